The minimum absolute atomic E-state index is 0.212. The van der Waals surface area contributed by atoms with E-state index in [2.05, 4.69) is 10.3 Å². The molecule has 1 heterocycles. The average molecular weight is 226 g/mol. The Hall–Kier alpha value is -1.72. The molecular formula is C10H18N4O2. The van der Waals surface area contributed by atoms with Gasteiger partial charge in [0.15, 0.2) is 0 Å². The summed E-state index contributed by atoms with van der Waals surface area (Å²) in [5.74, 6) is 0.212. The maximum absolute atomic E-state index is 11.5. The molecule has 6 heteroatoms. The zero-order valence-corrected chi connectivity index (χ0v) is 9.67. The van der Waals surface area contributed by atoms with Crippen LogP contribution in [0.3, 0.4) is 0 Å². The van der Waals surface area contributed by atoms with Gasteiger partial charge in [-0.2, -0.15) is 0 Å². The molecule has 0 saturated carbocycles. The first kappa shape index (κ1) is 12.4. The van der Waals surface area contributed by atoms with Gasteiger partial charge < -0.3 is 11.1 Å². The number of rotatable bonds is 5. The van der Waals surface area contributed by atoms with Crippen LogP contribution in [-0.4, -0.2) is 16.1 Å². The summed E-state index contributed by atoms with van der Waals surface area (Å²) in [5.41, 5.74) is 5.17. The molecule has 1 aromatic rings. The molecule has 0 aliphatic rings. The predicted octanol–water partition coefficient (Wildman–Crippen LogP) is 0.351. The lowest BCUT2D eigenvalue weighted by atomic mass is 10.4. The van der Waals surface area contributed by atoms with E-state index in [4.69, 9.17) is 5.73 Å². The fraction of sp³-hybridized carbons (Fsp3) is 0.600. The number of hydrogen-bond acceptors (Lipinski definition) is 4. The first-order valence-electron chi connectivity index (χ1n) is 5.48. The van der Waals surface area contributed by atoms with E-state index in [-0.39, 0.29) is 11.5 Å². The van der Waals surface area contributed by atoms with Crippen molar-refractivity contribution in [3.8, 4) is 0 Å². The van der Waals surface area contributed by atoms with Crippen molar-refractivity contribution < 1.29 is 0 Å². The molecular weight excluding hydrogens is 208 g/mol. The highest BCUT2D eigenvalue weighted by atomic mass is 16.2. The van der Waals surface area contributed by atoms with Crippen molar-refractivity contribution in [3.05, 3.63) is 20.8 Å². The fourth-order valence-corrected chi connectivity index (χ4v) is 1.45. The molecule has 0 spiro atoms. The minimum atomic E-state index is -0.455. The summed E-state index contributed by atoms with van der Waals surface area (Å²) in [4.78, 5) is 25.2. The molecule has 6 nitrogen and oxygen atoms in total. The molecule has 0 aromatic carbocycles. The van der Waals surface area contributed by atoms with Gasteiger partial charge in [-0.25, -0.2) is 4.79 Å². The molecule has 16 heavy (non-hydrogen) atoms. The van der Waals surface area contributed by atoms with Crippen LogP contribution in [0.4, 0.5) is 11.5 Å². The van der Waals surface area contributed by atoms with E-state index in [1.807, 2.05) is 13.8 Å². The van der Waals surface area contributed by atoms with Gasteiger partial charge in [0.25, 0.3) is 5.56 Å². The highest BCUT2D eigenvalue weighted by Crippen LogP contribution is 2.09. The number of nitrogens with one attached hydrogen (secondary N) is 2. The first-order valence-corrected chi connectivity index (χ1v) is 5.48. The highest BCUT2D eigenvalue weighted by molar-refractivity contribution is 5.60. The molecule has 0 atom stereocenters. The zero-order valence-electron chi connectivity index (χ0n) is 9.67. The molecule has 0 saturated heterocycles. The number of aromatic nitrogens is 2. The lowest BCUT2D eigenvalue weighted by Crippen LogP contribution is -2.34. The van der Waals surface area contributed by atoms with Crippen LogP contribution < -0.4 is 22.3 Å². The Labute approximate surface area is 93.5 Å². The number of anilines is 2. The van der Waals surface area contributed by atoms with E-state index in [9.17, 15) is 9.59 Å². The van der Waals surface area contributed by atoms with Crippen LogP contribution in [0.2, 0.25) is 0 Å². The Bertz CT molecular complexity index is 461. The Kier molecular flexibility index (Phi) is 4.16. The number of nitrogen functional groups attached to an aromatic ring is 1. The van der Waals surface area contributed by atoms with E-state index in [0.29, 0.717) is 13.1 Å². The quantitative estimate of drug-likeness (QED) is 0.675. The lowest BCUT2D eigenvalue weighted by Gasteiger charge is -2.12. The molecule has 1 aromatic heterocycles. The van der Waals surface area contributed by atoms with E-state index >= 15 is 0 Å². The van der Waals surface area contributed by atoms with Crippen LogP contribution in [-0.2, 0) is 6.54 Å². The summed E-state index contributed by atoms with van der Waals surface area (Å²) in [5, 5.41) is 2.93. The Morgan fingerprint density at radius 1 is 1.31 bits per heavy atom. The van der Waals surface area contributed by atoms with Crippen molar-refractivity contribution in [2.45, 2.75) is 33.2 Å². The second kappa shape index (κ2) is 5.39. The molecule has 0 radical (unpaired) electrons. The topological polar surface area (TPSA) is 92.9 Å². The van der Waals surface area contributed by atoms with Crippen molar-refractivity contribution in [3.63, 3.8) is 0 Å². The van der Waals surface area contributed by atoms with Crippen LogP contribution in [0.1, 0.15) is 26.7 Å². The van der Waals surface area contributed by atoms with Crippen LogP contribution in [0.15, 0.2) is 9.59 Å². The van der Waals surface area contributed by atoms with Crippen molar-refractivity contribution in [2.75, 3.05) is 17.6 Å². The summed E-state index contributed by atoms with van der Waals surface area (Å²) in [6.45, 7) is 5.08. The molecule has 0 fully saturated rings. The first-order chi connectivity index (χ1) is 7.61. The fourth-order valence-electron chi connectivity index (χ4n) is 1.45. The molecule has 4 N–H and O–H groups in total. The Morgan fingerprint density at radius 2 is 2.00 bits per heavy atom. The third kappa shape index (κ3) is 2.44. The molecule has 0 aliphatic heterocycles. The maximum Gasteiger partial charge on any atom is 0.330 e. The summed E-state index contributed by atoms with van der Waals surface area (Å²) in [6.07, 6.45) is 1.66. The van der Waals surface area contributed by atoms with E-state index < -0.39 is 11.2 Å². The van der Waals surface area contributed by atoms with Gasteiger partial charge in [0, 0.05) is 13.1 Å². The Balaban J connectivity index is 3.22. The third-order valence-corrected chi connectivity index (χ3v) is 2.24. The minimum Gasteiger partial charge on any atom is -0.383 e. The second-order valence-electron chi connectivity index (χ2n) is 3.60. The second-order valence-corrected chi connectivity index (χ2v) is 3.60. The summed E-state index contributed by atoms with van der Waals surface area (Å²) >= 11 is 0. The summed E-state index contributed by atoms with van der Waals surface area (Å²) < 4.78 is 1.37. The van der Waals surface area contributed by atoms with Crippen LogP contribution in [0, 0.1) is 0 Å². The van der Waals surface area contributed by atoms with Gasteiger partial charge in [-0.15, -0.1) is 0 Å². The summed E-state index contributed by atoms with van der Waals surface area (Å²) in [7, 11) is 0. The van der Waals surface area contributed by atoms with Gasteiger partial charge in [0.05, 0.1) is 0 Å². The van der Waals surface area contributed by atoms with Gasteiger partial charge in [0.2, 0.25) is 0 Å². The van der Waals surface area contributed by atoms with Crippen molar-refractivity contribution in [1.82, 2.24) is 9.55 Å². The average Bonchev–Trinajstić information content (AvgIpc) is 2.24. The number of hydrogen-bond donors (Lipinski definition) is 3. The van der Waals surface area contributed by atoms with Gasteiger partial charge >= 0.3 is 5.69 Å². The highest BCUT2D eigenvalue weighted by Gasteiger charge is 2.10. The van der Waals surface area contributed by atoms with E-state index in [1.54, 1.807) is 0 Å². The monoisotopic (exact) mass is 226 g/mol. The van der Waals surface area contributed by atoms with Crippen LogP contribution in [0.25, 0.3) is 0 Å². The summed E-state index contributed by atoms with van der Waals surface area (Å²) in [6, 6.07) is 0. The molecule has 0 bridgehead atoms. The van der Waals surface area contributed by atoms with Gasteiger partial charge in [-0.3, -0.25) is 14.3 Å². The Morgan fingerprint density at radius 3 is 2.56 bits per heavy atom. The number of nitrogens with zero attached hydrogens (tertiary/aromatic N) is 1. The smallest absolute Gasteiger partial charge is 0.330 e. The van der Waals surface area contributed by atoms with Crippen molar-refractivity contribution >= 4 is 11.5 Å². The molecule has 1 rings (SSSR count). The number of nitrogens with two attached hydrogens (primary N) is 1. The van der Waals surface area contributed by atoms with E-state index in [0.717, 1.165) is 12.8 Å². The number of aromatic amines is 1. The van der Waals surface area contributed by atoms with Gasteiger partial charge in [-0.05, 0) is 12.8 Å². The van der Waals surface area contributed by atoms with Gasteiger partial charge in [0.1, 0.15) is 11.5 Å². The third-order valence-electron chi connectivity index (χ3n) is 2.24. The van der Waals surface area contributed by atoms with Crippen LogP contribution in [0.5, 0.6) is 0 Å². The zero-order chi connectivity index (χ0) is 12.1. The lowest BCUT2D eigenvalue weighted by molar-refractivity contribution is 0.642. The molecule has 0 amide bonds. The van der Waals surface area contributed by atoms with E-state index in [1.165, 1.54) is 4.57 Å². The normalized spacial score (nSPS) is 10.4. The van der Waals surface area contributed by atoms with Crippen LogP contribution >= 0.6 is 0 Å². The molecule has 0 aliphatic carbocycles. The predicted molar refractivity (Wildman–Crippen MR) is 64.8 cm³/mol. The van der Waals surface area contributed by atoms with Gasteiger partial charge in [-0.1, -0.05) is 13.8 Å². The van der Waals surface area contributed by atoms with Crippen molar-refractivity contribution in [1.29, 1.82) is 0 Å². The number of H-pyrrole nitrogens is 1. The van der Waals surface area contributed by atoms with Crippen molar-refractivity contribution in [2.24, 2.45) is 0 Å². The SMILES string of the molecule is CCCNc1c(N)n(CCC)c(=O)[nH]c1=O. The molecule has 90 valence electrons. The maximum atomic E-state index is 11.5. The largest absolute Gasteiger partial charge is 0.383 e. The standard InChI is InChI=1S/C10H18N4O2/c1-3-5-12-7-8(11)14(6-4-2)10(16)13-9(7)15/h12H,3-6,11H2,1-2H3,(H,13,15,16). The molecule has 0 unspecified atom stereocenters.